The number of carbonyl (C=O) groups is 4. The summed E-state index contributed by atoms with van der Waals surface area (Å²) in [6, 6.07) is 4.34. The Hall–Kier alpha value is -4.22. The first-order chi connectivity index (χ1) is 16.6. The fraction of sp³-hybridized carbons (Fsp3) is 0.391. The topological polar surface area (TPSA) is 188 Å². The molecular weight excluding hydrogens is 454 g/mol. The molecule has 3 rings (SSSR count). The third kappa shape index (κ3) is 7.13. The number of guanidine groups is 1. The van der Waals surface area contributed by atoms with Crippen LogP contribution in [0.5, 0.6) is 0 Å². The molecule has 2 amide bonds. The number of amides is 2. The summed E-state index contributed by atoms with van der Waals surface area (Å²) in [5, 5.41) is 15.0. The molecule has 0 saturated heterocycles. The van der Waals surface area contributed by atoms with Crippen LogP contribution in [-0.2, 0) is 14.4 Å². The lowest BCUT2D eigenvalue weighted by atomic mass is 10.0. The largest absolute Gasteiger partial charge is 0.480 e. The van der Waals surface area contributed by atoms with Gasteiger partial charge in [0.25, 0.3) is 11.8 Å². The van der Waals surface area contributed by atoms with Crippen molar-refractivity contribution in [1.29, 1.82) is 0 Å². The zero-order valence-corrected chi connectivity index (χ0v) is 19.4. The predicted molar refractivity (Wildman–Crippen MR) is 131 cm³/mol. The summed E-state index contributed by atoms with van der Waals surface area (Å²) in [7, 11) is 0. The summed E-state index contributed by atoms with van der Waals surface area (Å²) in [6.45, 7) is 4.09. The first kappa shape index (κ1) is 25.4. The zero-order valence-electron chi connectivity index (χ0n) is 19.4. The summed E-state index contributed by atoms with van der Waals surface area (Å²) in [6.07, 6.45) is 1.98. The van der Waals surface area contributed by atoms with E-state index in [0.717, 1.165) is 0 Å². The van der Waals surface area contributed by atoms with Crippen molar-refractivity contribution in [1.82, 2.24) is 5.32 Å². The van der Waals surface area contributed by atoms with E-state index in [4.69, 9.17) is 5.73 Å². The van der Waals surface area contributed by atoms with Crippen molar-refractivity contribution < 1.29 is 24.3 Å². The van der Waals surface area contributed by atoms with Crippen molar-refractivity contribution in [2.75, 3.05) is 11.9 Å². The smallest absolute Gasteiger partial charge is 0.326 e. The van der Waals surface area contributed by atoms with Crippen LogP contribution < -0.4 is 16.4 Å². The van der Waals surface area contributed by atoms with E-state index in [0.29, 0.717) is 17.8 Å². The molecule has 1 aromatic rings. The van der Waals surface area contributed by atoms with Crippen LogP contribution >= 0.6 is 0 Å². The monoisotopic (exact) mass is 481 g/mol. The molecule has 2 aliphatic rings. The van der Waals surface area contributed by atoms with Crippen molar-refractivity contribution in [2.24, 2.45) is 31.6 Å². The number of anilines is 1. The fourth-order valence-electron chi connectivity index (χ4n) is 3.43. The van der Waals surface area contributed by atoms with E-state index < -0.39 is 29.9 Å². The Balaban J connectivity index is 1.53. The number of carboxylic acid groups (broad SMARTS) is 1. The molecule has 5 N–H and O–H groups in total. The second kappa shape index (κ2) is 11.3. The van der Waals surface area contributed by atoms with Gasteiger partial charge in [-0.25, -0.2) is 9.79 Å². The molecular formula is C23H27N7O5. The molecule has 12 heteroatoms. The van der Waals surface area contributed by atoms with Crippen molar-refractivity contribution in [2.45, 2.75) is 45.2 Å². The van der Waals surface area contributed by atoms with E-state index in [9.17, 15) is 24.3 Å². The number of fused-ring (bicyclic) bond motifs is 1. The summed E-state index contributed by atoms with van der Waals surface area (Å²) in [5.74, 6) is -2.05. The number of benzene rings is 1. The summed E-state index contributed by atoms with van der Waals surface area (Å²) < 4.78 is 0. The Labute approximate surface area is 201 Å². The van der Waals surface area contributed by atoms with Crippen LogP contribution in [0, 0.1) is 5.92 Å². The number of aliphatic imine (C=N–C) groups is 4. The van der Waals surface area contributed by atoms with Gasteiger partial charge in [-0.3, -0.25) is 19.4 Å². The van der Waals surface area contributed by atoms with E-state index in [1.165, 1.54) is 6.21 Å². The van der Waals surface area contributed by atoms with Gasteiger partial charge in [-0.2, -0.15) is 9.98 Å². The molecule has 0 radical (unpaired) electrons. The van der Waals surface area contributed by atoms with Gasteiger partial charge in [0.1, 0.15) is 11.8 Å². The molecule has 0 saturated carbocycles. The number of rotatable bonds is 11. The Morgan fingerprint density at radius 1 is 1.14 bits per heavy atom. The Morgan fingerprint density at radius 2 is 1.86 bits per heavy atom. The third-order valence-corrected chi connectivity index (χ3v) is 5.15. The van der Waals surface area contributed by atoms with E-state index in [-0.39, 0.29) is 48.4 Å². The highest BCUT2D eigenvalue weighted by atomic mass is 16.4. The summed E-state index contributed by atoms with van der Waals surface area (Å²) >= 11 is 0. The molecule has 2 heterocycles. The normalized spacial score (nSPS) is 17.6. The molecule has 35 heavy (non-hydrogen) atoms. The van der Waals surface area contributed by atoms with Crippen LogP contribution in [0.4, 0.5) is 5.69 Å². The second-order valence-corrected chi connectivity index (χ2v) is 8.53. The number of nitrogens with two attached hydrogens (primary N) is 1. The third-order valence-electron chi connectivity index (χ3n) is 5.15. The molecule has 0 fully saturated rings. The number of aliphatic carboxylic acids is 1. The van der Waals surface area contributed by atoms with E-state index >= 15 is 0 Å². The quantitative estimate of drug-likeness (QED) is 0.360. The number of carbonyl (C=O) groups excluding carboxylic acids is 3. The van der Waals surface area contributed by atoms with Crippen LogP contribution in [-0.4, -0.2) is 71.0 Å². The molecule has 2 aliphatic heterocycles. The first-order valence-corrected chi connectivity index (χ1v) is 11.1. The van der Waals surface area contributed by atoms with Gasteiger partial charge < -0.3 is 21.5 Å². The molecule has 2 unspecified atom stereocenters. The van der Waals surface area contributed by atoms with E-state index in [2.05, 4.69) is 30.6 Å². The van der Waals surface area contributed by atoms with Crippen LogP contribution in [0.15, 0.2) is 44.2 Å². The molecule has 2 atom stereocenters. The SMILES string of the molecule is CC(C)CC(=O)CCC(NC(=O)c1ccc(NCC2=NC3C(=O)N=C(N)N=C3N=C2)cc1)C(=O)O. The highest BCUT2D eigenvalue weighted by Crippen LogP contribution is 2.13. The van der Waals surface area contributed by atoms with Crippen LogP contribution in [0.1, 0.15) is 43.5 Å². The number of nitrogens with zero attached hydrogens (tertiary/aromatic N) is 4. The standard InChI is InChI=1S/C23H27N7O5/c1-12(2)9-16(31)7-8-17(22(34)35)28-20(32)13-3-5-14(6-4-13)25-10-15-11-26-19-18(27-15)21(33)30-23(24)29-19/h3-6,11-12,17-18,25H,7-10H2,1-2H3,(H,28,32)(H,34,35)(H2,24,30,33). The lowest BCUT2D eigenvalue weighted by molar-refractivity contribution is -0.139. The Kier molecular flexibility index (Phi) is 8.18. The number of Topliss-reactive ketones (excluding diaryl/α,β-unsaturated/α-hetero) is 1. The molecule has 1 aromatic carbocycles. The van der Waals surface area contributed by atoms with Crippen molar-refractivity contribution >= 4 is 53.0 Å². The lowest BCUT2D eigenvalue weighted by Crippen LogP contribution is -2.41. The Morgan fingerprint density at radius 3 is 2.51 bits per heavy atom. The lowest BCUT2D eigenvalue weighted by Gasteiger charge is -2.18. The highest BCUT2D eigenvalue weighted by Gasteiger charge is 2.30. The average molecular weight is 482 g/mol. The van der Waals surface area contributed by atoms with Gasteiger partial charge in [-0.15, -0.1) is 0 Å². The maximum atomic E-state index is 12.5. The van der Waals surface area contributed by atoms with Crippen LogP contribution in [0.25, 0.3) is 0 Å². The molecule has 0 spiro atoms. The van der Waals surface area contributed by atoms with E-state index in [1.807, 2.05) is 13.8 Å². The van der Waals surface area contributed by atoms with Gasteiger partial charge in [0.2, 0.25) is 5.96 Å². The highest BCUT2D eigenvalue weighted by molar-refractivity contribution is 6.38. The van der Waals surface area contributed by atoms with Crippen molar-refractivity contribution in [3.05, 3.63) is 29.8 Å². The van der Waals surface area contributed by atoms with Gasteiger partial charge in [-0.1, -0.05) is 13.8 Å². The maximum absolute atomic E-state index is 12.5. The van der Waals surface area contributed by atoms with Crippen molar-refractivity contribution in [3.63, 3.8) is 0 Å². The minimum atomic E-state index is -1.19. The molecule has 0 bridgehead atoms. The fourth-order valence-corrected chi connectivity index (χ4v) is 3.43. The summed E-state index contributed by atoms with van der Waals surface area (Å²) in [4.78, 5) is 63.8. The number of amidine groups is 1. The minimum absolute atomic E-state index is 0.0308. The summed E-state index contributed by atoms with van der Waals surface area (Å²) in [5.41, 5.74) is 6.91. The number of nitrogens with one attached hydrogen (secondary N) is 2. The Bertz CT molecular complexity index is 1140. The van der Waals surface area contributed by atoms with E-state index in [1.54, 1.807) is 24.3 Å². The molecule has 0 aromatic heterocycles. The molecule has 0 aliphatic carbocycles. The number of ketones is 1. The zero-order chi connectivity index (χ0) is 25.5. The second-order valence-electron chi connectivity index (χ2n) is 8.53. The van der Waals surface area contributed by atoms with Gasteiger partial charge in [0.05, 0.1) is 18.5 Å². The van der Waals surface area contributed by atoms with Crippen LogP contribution in [0.2, 0.25) is 0 Å². The van der Waals surface area contributed by atoms with Gasteiger partial charge >= 0.3 is 5.97 Å². The van der Waals surface area contributed by atoms with Crippen molar-refractivity contribution in [3.8, 4) is 0 Å². The van der Waals surface area contributed by atoms with Gasteiger partial charge in [0, 0.05) is 24.1 Å². The predicted octanol–water partition coefficient (Wildman–Crippen LogP) is 0.824. The number of hydrogen-bond donors (Lipinski definition) is 4. The van der Waals surface area contributed by atoms with Gasteiger partial charge in [-0.05, 0) is 36.6 Å². The van der Waals surface area contributed by atoms with Gasteiger partial charge in [0.15, 0.2) is 11.9 Å². The minimum Gasteiger partial charge on any atom is -0.480 e. The van der Waals surface area contributed by atoms with Crippen LogP contribution in [0.3, 0.4) is 0 Å². The average Bonchev–Trinajstić information content (AvgIpc) is 2.80. The first-order valence-electron chi connectivity index (χ1n) is 11.1. The molecule has 12 nitrogen and oxygen atoms in total. The molecule has 184 valence electrons. The maximum Gasteiger partial charge on any atom is 0.326 e. The number of hydrogen-bond acceptors (Lipinski definition) is 9. The number of carboxylic acids is 1.